The van der Waals surface area contributed by atoms with E-state index in [2.05, 4.69) is 26.3 Å². The molecule has 1 aliphatic heterocycles. The summed E-state index contributed by atoms with van der Waals surface area (Å²) in [5, 5.41) is 19.9. The highest BCUT2D eigenvalue weighted by atomic mass is 16.4. The van der Waals surface area contributed by atoms with Gasteiger partial charge in [0.25, 0.3) is 5.91 Å². The smallest absolute Gasteiger partial charge is 0.305 e. The molecule has 1 aromatic carbocycles. The number of aliphatic carboxylic acids is 1. The van der Waals surface area contributed by atoms with Crippen LogP contribution in [-0.2, 0) is 30.4 Å². The van der Waals surface area contributed by atoms with Crippen LogP contribution in [0.4, 0.5) is 0 Å². The maximum atomic E-state index is 13.7. The van der Waals surface area contributed by atoms with E-state index in [1.807, 2.05) is 0 Å². The molecule has 44 heavy (non-hydrogen) atoms. The molecule has 0 fully saturated rings. The number of carboxylic acid groups (broad SMARTS) is 1. The van der Waals surface area contributed by atoms with E-state index in [1.165, 1.54) is 11.9 Å². The van der Waals surface area contributed by atoms with Gasteiger partial charge in [0, 0.05) is 19.2 Å². The van der Waals surface area contributed by atoms with Crippen LogP contribution in [0.5, 0.6) is 0 Å². The van der Waals surface area contributed by atoms with Crippen LogP contribution < -0.4 is 32.7 Å². The summed E-state index contributed by atoms with van der Waals surface area (Å²) >= 11 is 0. The second-order valence-electron chi connectivity index (χ2n) is 11.4. The predicted molar refractivity (Wildman–Crippen MR) is 160 cm³/mol. The fourth-order valence-corrected chi connectivity index (χ4v) is 5.38. The van der Waals surface area contributed by atoms with Crippen molar-refractivity contribution < 1.29 is 33.9 Å². The van der Waals surface area contributed by atoms with Crippen LogP contribution in [-0.4, -0.2) is 89.7 Å². The van der Waals surface area contributed by atoms with Crippen molar-refractivity contribution in [2.75, 3.05) is 20.1 Å². The van der Waals surface area contributed by atoms with Crippen molar-refractivity contribution in [3.63, 3.8) is 0 Å². The van der Waals surface area contributed by atoms with E-state index >= 15 is 0 Å². The molecule has 0 saturated heterocycles. The minimum absolute atomic E-state index is 0.126. The Balaban J connectivity index is 2.01. The number of carboxylic acids is 1. The van der Waals surface area contributed by atoms with E-state index in [-0.39, 0.29) is 30.4 Å². The molecule has 0 saturated carbocycles. The molecular formula is C29H42N8O7. The molecule has 1 aromatic rings. The third kappa shape index (κ3) is 8.91. The number of likely N-dealkylation sites (N-methyl/N-ethyl adjacent to an activating group) is 1. The number of rotatable bonds is 7. The number of hydrogen-bond donors (Lipinski definition) is 7. The summed E-state index contributed by atoms with van der Waals surface area (Å²) in [4.78, 5) is 83.2. The maximum absolute atomic E-state index is 13.7. The van der Waals surface area contributed by atoms with Gasteiger partial charge in [0.05, 0.1) is 19.0 Å². The zero-order valence-corrected chi connectivity index (χ0v) is 25.2. The molecule has 3 rings (SSSR count). The fourth-order valence-electron chi connectivity index (χ4n) is 5.38. The lowest BCUT2D eigenvalue weighted by Crippen LogP contribution is -2.57. The molecule has 0 aromatic heterocycles. The Morgan fingerprint density at radius 1 is 1.09 bits per heavy atom. The normalized spacial score (nSPS) is 23.5. The third-order valence-corrected chi connectivity index (χ3v) is 7.76. The monoisotopic (exact) mass is 614 g/mol. The van der Waals surface area contributed by atoms with Crippen molar-refractivity contribution in [3.8, 4) is 0 Å². The van der Waals surface area contributed by atoms with Crippen LogP contribution in [0, 0.1) is 5.92 Å². The summed E-state index contributed by atoms with van der Waals surface area (Å²) in [7, 11) is 1.43. The van der Waals surface area contributed by atoms with Gasteiger partial charge in [-0.15, -0.1) is 0 Å². The molecule has 5 amide bonds. The van der Waals surface area contributed by atoms with E-state index in [4.69, 9.17) is 11.5 Å². The number of nitrogens with two attached hydrogens (primary N) is 2. The summed E-state index contributed by atoms with van der Waals surface area (Å²) in [5.74, 6) is -4.95. The van der Waals surface area contributed by atoms with Crippen molar-refractivity contribution in [3.05, 3.63) is 34.9 Å². The molecule has 0 radical (unpaired) electrons. The minimum Gasteiger partial charge on any atom is -0.481 e. The predicted octanol–water partition coefficient (Wildman–Crippen LogP) is -1.10. The standard InChI is InChI=1S/C29H42N8O7/c1-15(2)24-28(44)37(3)21(8-5-11-32-29(30)31)27(43)33-14-22(38)34-20(13-23(39)40)26(42)35-19-7-4-6-16-9-10-17(12-18(16)19)25(41)36-24/h9-10,12,15,19-21,24H,4-8,11,13-14H2,1-3H3,(H,33,43)(H,34,38)(H,35,42)(H,36,41)(H,39,40)(H4,30,31,32)/t19?,20-,21-,24+/m0/s1. The molecule has 15 nitrogen and oxygen atoms in total. The fraction of sp³-hybridized carbons (Fsp3) is 0.552. The molecule has 2 bridgehead atoms. The van der Waals surface area contributed by atoms with Gasteiger partial charge in [-0.2, -0.15) is 0 Å². The zero-order chi connectivity index (χ0) is 32.6. The number of carbonyl (C=O) groups is 6. The third-order valence-electron chi connectivity index (χ3n) is 7.76. The average Bonchev–Trinajstić information content (AvgIpc) is 2.96. The zero-order valence-electron chi connectivity index (χ0n) is 25.2. The van der Waals surface area contributed by atoms with Crippen LogP contribution >= 0.6 is 0 Å². The van der Waals surface area contributed by atoms with E-state index < -0.39 is 72.6 Å². The first-order chi connectivity index (χ1) is 20.8. The van der Waals surface area contributed by atoms with Crippen molar-refractivity contribution in [1.82, 2.24) is 26.2 Å². The van der Waals surface area contributed by atoms with Crippen molar-refractivity contribution >= 4 is 41.5 Å². The molecule has 2 aliphatic rings. The number of fused-ring (bicyclic) bond motifs is 1. The summed E-state index contributed by atoms with van der Waals surface area (Å²) in [6, 6.07) is 1.12. The minimum atomic E-state index is -1.42. The summed E-state index contributed by atoms with van der Waals surface area (Å²) in [6.07, 6.45) is 1.76. The second-order valence-corrected chi connectivity index (χ2v) is 11.4. The number of nitrogens with one attached hydrogen (secondary N) is 4. The number of guanidine groups is 1. The van der Waals surface area contributed by atoms with Gasteiger partial charge in [0.1, 0.15) is 18.1 Å². The second kappa shape index (κ2) is 15.2. The molecule has 9 N–H and O–H groups in total. The molecule has 1 heterocycles. The van der Waals surface area contributed by atoms with Gasteiger partial charge in [0.15, 0.2) is 5.96 Å². The van der Waals surface area contributed by atoms with E-state index in [9.17, 15) is 33.9 Å². The van der Waals surface area contributed by atoms with Crippen molar-refractivity contribution in [2.24, 2.45) is 22.4 Å². The number of nitrogens with zero attached hydrogens (tertiary/aromatic N) is 2. The van der Waals surface area contributed by atoms with Gasteiger partial charge in [-0.25, -0.2) is 0 Å². The Bertz CT molecular complexity index is 1310. The topological polar surface area (TPSA) is 238 Å². The molecule has 240 valence electrons. The lowest BCUT2D eigenvalue weighted by atomic mass is 9.86. The molecule has 0 spiro atoms. The Labute approximate surface area is 255 Å². The Morgan fingerprint density at radius 3 is 2.48 bits per heavy atom. The lowest BCUT2D eigenvalue weighted by Gasteiger charge is -2.33. The first kappa shape index (κ1) is 33.8. The molecule has 4 atom stereocenters. The van der Waals surface area contributed by atoms with Crippen molar-refractivity contribution in [1.29, 1.82) is 0 Å². The molecule has 1 aliphatic carbocycles. The van der Waals surface area contributed by atoms with Crippen LogP contribution in [0.3, 0.4) is 0 Å². The lowest BCUT2D eigenvalue weighted by molar-refractivity contribution is -0.142. The first-order valence-corrected chi connectivity index (χ1v) is 14.6. The van der Waals surface area contributed by atoms with Crippen LogP contribution in [0.25, 0.3) is 0 Å². The summed E-state index contributed by atoms with van der Waals surface area (Å²) in [5.41, 5.74) is 12.7. The number of benzene rings is 1. The SMILES string of the molecule is CC(C)[C@H]1NC(=O)c2ccc3c(c2)C(CCC3)NC(=O)[C@H](CC(=O)O)NC(=O)CNC(=O)[C@H](CCCN=C(N)N)N(C)C1=O. The Kier molecular flexibility index (Phi) is 11.6. The van der Waals surface area contributed by atoms with Crippen LogP contribution in [0.2, 0.25) is 0 Å². The van der Waals surface area contributed by atoms with Crippen molar-refractivity contribution in [2.45, 2.75) is 76.5 Å². The number of aryl methyl sites for hydroxylation is 1. The van der Waals surface area contributed by atoms with Gasteiger partial charge in [-0.1, -0.05) is 19.9 Å². The Morgan fingerprint density at radius 2 is 1.82 bits per heavy atom. The quantitative estimate of drug-likeness (QED) is 0.112. The number of aliphatic imine (C=N–C) groups is 1. The number of carbonyl (C=O) groups excluding carboxylic acids is 5. The summed E-state index contributed by atoms with van der Waals surface area (Å²) < 4.78 is 0. The maximum Gasteiger partial charge on any atom is 0.305 e. The van der Waals surface area contributed by atoms with E-state index in [1.54, 1.807) is 32.0 Å². The molecule has 1 unspecified atom stereocenters. The van der Waals surface area contributed by atoms with E-state index in [0.29, 0.717) is 18.4 Å². The van der Waals surface area contributed by atoms with Gasteiger partial charge in [-0.05, 0) is 61.3 Å². The highest BCUT2D eigenvalue weighted by molar-refractivity contribution is 5.99. The number of hydrogen-bond acceptors (Lipinski definition) is 7. The summed E-state index contributed by atoms with van der Waals surface area (Å²) in [6.45, 7) is 3.15. The van der Waals surface area contributed by atoms with Gasteiger partial charge >= 0.3 is 5.97 Å². The highest BCUT2D eigenvalue weighted by Crippen LogP contribution is 2.31. The van der Waals surface area contributed by atoms with Crippen LogP contribution in [0.1, 0.15) is 73.5 Å². The first-order valence-electron chi connectivity index (χ1n) is 14.6. The molecule has 15 heteroatoms. The van der Waals surface area contributed by atoms with Gasteiger partial charge < -0.3 is 42.7 Å². The Hall–Kier alpha value is -4.69. The molecular weight excluding hydrogens is 572 g/mol. The largest absolute Gasteiger partial charge is 0.481 e. The van der Waals surface area contributed by atoms with Gasteiger partial charge in [0.2, 0.25) is 23.6 Å². The van der Waals surface area contributed by atoms with E-state index in [0.717, 1.165) is 18.4 Å². The average molecular weight is 615 g/mol. The number of amides is 5. The highest BCUT2D eigenvalue weighted by Gasteiger charge is 2.35. The van der Waals surface area contributed by atoms with Gasteiger partial charge in [-0.3, -0.25) is 33.8 Å². The van der Waals surface area contributed by atoms with Crippen LogP contribution in [0.15, 0.2) is 23.2 Å².